The number of carbonyl (C=O) groups excluding carboxylic acids is 2. The van der Waals surface area contributed by atoms with E-state index in [0.717, 1.165) is 0 Å². The molecular weight excluding hydrogens is 175 g/mol. The molecule has 6 heteroatoms. The predicted octanol–water partition coefficient (Wildman–Crippen LogP) is 0.342. The van der Waals surface area contributed by atoms with E-state index in [1.54, 1.807) is 0 Å². The van der Waals surface area contributed by atoms with E-state index in [1.165, 1.54) is 19.1 Å². The molecule has 70 valence electrons. The number of hydrogen-bond donors (Lipinski definition) is 0. The lowest BCUT2D eigenvalue weighted by Gasteiger charge is -1.98. The third-order valence-electron chi connectivity index (χ3n) is 0.943. The molecule has 0 unspecified atom stereocenters. The molecule has 5 nitrogen and oxygen atoms in total. The van der Waals surface area contributed by atoms with Gasteiger partial charge in [0.1, 0.15) is 13.2 Å². The first-order valence-corrected chi connectivity index (χ1v) is 3.48. The van der Waals surface area contributed by atoms with Crippen LogP contribution in [0.2, 0.25) is 0 Å². The van der Waals surface area contributed by atoms with Crippen LogP contribution in [0.5, 0.6) is 0 Å². The van der Waals surface area contributed by atoms with E-state index < -0.39 is 6.16 Å². The van der Waals surface area contributed by atoms with Crippen LogP contribution >= 0.6 is 0 Å². The molecule has 0 aromatic rings. The van der Waals surface area contributed by atoms with E-state index >= 15 is 0 Å². The first-order chi connectivity index (χ1) is 6.16. The Kier molecular flexibility index (Phi) is 6.40. The van der Waals surface area contributed by atoms with Crippen molar-refractivity contribution in [3.8, 4) is 0 Å². The van der Waals surface area contributed by atoms with E-state index in [0.29, 0.717) is 0 Å². The van der Waals surface area contributed by atoms with Crippen molar-refractivity contribution in [3.05, 3.63) is 12.2 Å². The summed E-state index contributed by atoms with van der Waals surface area (Å²) in [6.45, 7) is 1.48. The predicted molar refractivity (Wildman–Crippen MR) is 44.0 cm³/mol. The van der Waals surface area contributed by atoms with Crippen molar-refractivity contribution in [1.82, 2.24) is 0 Å². The zero-order chi connectivity index (χ0) is 10.1. The van der Waals surface area contributed by atoms with Crippen LogP contribution in [0.15, 0.2) is 12.2 Å². The van der Waals surface area contributed by atoms with Crippen LogP contribution in [0.3, 0.4) is 0 Å². The molecule has 0 saturated carbocycles. The van der Waals surface area contributed by atoms with Crippen molar-refractivity contribution in [2.24, 2.45) is 0 Å². The largest absolute Gasteiger partial charge is 0.513 e. The van der Waals surface area contributed by atoms with Gasteiger partial charge in [-0.25, -0.2) is 4.79 Å². The third-order valence-corrected chi connectivity index (χ3v) is 0.943. The lowest BCUT2D eigenvalue weighted by atomic mass is 10.5. The average Bonchev–Trinajstić information content (AvgIpc) is 2.10. The van der Waals surface area contributed by atoms with Gasteiger partial charge < -0.3 is 14.1 Å². The van der Waals surface area contributed by atoms with E-state index in [-0.39, 0.29) is 19.2 Å². The van der Waals surface area contributed by atoms with Gasteiger partial charge in [0.2, 0.25) is 0 Å². The fourth-order valence-electron chi connectivity index (χ4n) is 0.452. The van der Waals surface area contributed by atoms with Crippen LogP contribution in [0.1, 0.15) is 6.92 Å². The van der Waals surface area contributed by atoms with Gasteiger partial charge in [-0.1, -0.05) is 0 Å². The fourth-order valence-corrected chi connectivity index (χ4v) is 0.452. The van der Waals surface area contributed by atoms with Crippen LogP contribution in [-0.2, 0) is 18.9 Å². The Labute approximate surface area is 77.1 Å². The molecule has 0 fully saturated rings. The van der Waals surface area contributed by atoms with Gasteiger partial charge in [-0.3, -0.25) is 4.79 Å². The molecule has 0 rings (SSSR count). The Hall–Kier alpha value is -1.46. The van der Waals surface area contributed by atoms with Gasteiger partial charge in [-0.15, -0.1) is 0 Å². The van der Waals surface area contributed by atoms with E-state index in [1.807, 2.05) is 0 Å². The second-order valence-electron chi connectivity index (χ2n) is 1.95. The van der Waals surface area contributed by atoms with Gasteiger partial charge in [-0.2, -0.15) is 0 Å². The molecule has 0 atom stereocenters. The first-order valence-electron chi connectivity index (χ1n) is 3.48. The second kappa shape index (κ2) is 7.21. The molecule has 13 heavy (non-hydrogen) atoms. The summed E-state index contributed by atoms with van der Waals surface area (Å²) in [6, 6.07) is 0. The number of carbonyl (C=O) groups is 2. The molecule has 0 aromatic carbocycles. The molecule has 0 spiro atoms. The van der Waals surface area contributed by atoms with Gasteiger partial charge in [0, 0.05) is 6.92 Å². The van der Waals surface area contributed by atoms with Gasteiger partial charge >= 0.3 is 20.2 Å². The zero-order valence-electron chi connectivity index (χ0n) is 7.19. The van der Waals surface area contributed by atoms with Gasteiger partial charge in [0.15, 0.2) is 0 Å². The standard InChI is InChI=1S/C7H9BO5/c1-6(9)11-4-2-3-5-12-7(10)13-8/h2-3H,4-5H2,1H3/b3-2-. The van der Waals surface area contributed by atoms with E-state index in [2.05, 4.69) is 22.2 Å². The fraction of sp³-hybridized carbons (Fsp3) is 0.429. The normalized spacial score (nSPS) is 9.62. The Morgan fingerprint density at radius 1 is 1.23 bits per heavy atom. The summed E-state index contributed by atoms with van der Waals surface area (Å²) in [5, 5.41) is 0. The summed E-state index contributed by atoms with van der Waals surface area (Å²) in [7, 11) is 4.48. The van der Waals surface area contributed by atoms with E-state index in [9.17, 15) is 9.59 Å². The monoisotopic (exact) mass is 184 g/mol. The molecule has 0 aromatic heterocycles. The van der Waals surface area contributed by atoms with Crippen molar-refractivity contribution < 1.29 is 23.7 Å². The third kappa shape index (κ3) is 8.45. The average molecular weight is 184 g/mol. The Morgan fingerprint density at radius 3 is 2.23 bits per heavy atom. The Bertz CT molecular complexity index is 201. The molecular formula is C7H9BO5. The van der Waals surface area contributed by atoms with Crippen LogP contribution in [0.25, 0.3) is 0 Å². The second-order valence-corrected chi connectivity index (χ2v) is 1.95. The highest BCUT2D eigenvalue weighted by Crippen LogP contribution is 1.84. The van der Waals surface area contributed by atoms with Gasteiger partial charge in [0.25, 0.3) is 0 Å². The molecule has 0 saturated heterocycles. The summed E-state index contributed by atoms with van der Waals surface area (Å²) >= 11 is 0. The summed E-state index contributed by atoms with van der Waals surface area (Å²) in [5.41, 5.74) is 0. The van der Waals surface area contributed by atoms with Crippen molar-refractivity contribution in [2.75, 3.05) is 13.2 Å². The minimum Gasteiger partial charge on any atom is -0.513 e. The van der Waals surface area contributed by atoms with Crippen molar-refractivity contribution >= 4 is 20.2 Å². The van der Waals surface area contributed by atoms with Crippen LogP contribution in [0.4, 0.5) is 4.79 Å². The van der Waals surface area contributed by atoms with Crippen molar-refractivity contribution in [2.45, 2.75) is 6.92 Å². The molecule has 0 aliphatic rings. The maximum atomic E-state index is 10.3. The SMILES string of the molecule is [B]OC(=O)OC/C=C\COC(C)=O. The molecule has 0 N–H and O–H groups in total. The van der Waals surface area contributed by atoms with Crippen molar-refractivity contribution in [1.29, 1.82) is 0 Å². The number of hydrogen-bond acceptors (Lipinski definition) is 5. The Morgan fingerprint density at radius 2 is 1.77 bits per heavy atom. The van der Waals surface area contributed by atoms with E-state index in [4.69, 9.17) is 0 Å². The summed E-state index contributed by atoms with van der Waals surface area (Å²) in [6.07, 6.45) is 2.07. The zero-order valence-corrected chi connectivity index (χ0v) is 7.19. The van der Waals surface area contributed by atoms with Gasteiger partial charge in [-0.05, 0) is 12.2 Å². The Balaban J connectivity index is 3.31. The number of rotatable bonds is 4. The molecule has 0 aliphatic carbocycles. The molecule has 0 aliphatic heterocycles. The maximum absolute atomic E-state index is 10.3. The highest BCUT2D eigenvalue weighted by Gasteiger charge is 1.95. The number of esters is 1. The lowest BCUT2D eigenvalue weighted by molar-refractivity contribution is -0.139. The highest BCUT2D eigenvalue weighted by molar-refractivity contribution is 6.04. The smallest absolute Gasteiger partial charge is 0.489 e. The first kappa shape index (κ1) is 11.5. The summed E-state index contributed by atoms with van der Waals surface area (Å²) < 4.78 is 12.7. The quantitative estimate of drug-likeness (QED) is 0.358. The minimum atomic E-state index is -0.961. The van der Waals surface area contributed by atoms with Crippen LogP contribution in [0, 0.1) is 0 Å². The molecule has 0 bridgehead atoms. The summed E-state index contributed by atoms with van der Waals surface area (Å²) in [5.74, 6) is -0.369. The van der Waals surface area contributed by atoms with Crippen molar-refractivity contribution in [3.63, 3.8) is 0 Å². The number of ether oxygens (including phenoxy) is 2. The molecule has 2 radical (unpaired) electrons. The lowest BCUT2D eigenvalue weighted by Crippen LogP contribution is -2.05. The highest BCUT2D eigenvalue weighted by atomic mass is 16.7. The maximum Gasteiger partial charge on any atom is 0.489 e. The molecule has 0 amide bonds. The van der Waals surface area contributed by atoms with Crippen LogP contribution in [-0.4, -0.2) is 33.4 Å². The van der Waals surface area contributed by atoms with Crippen LogP contribution < -0.4 is 0 Å². The van der Waals surface area contributed by atoms with Gasteiger partial charge in [0.05, 0.1) is 0 Å². The topological polar surface area (TPSA) is 61.8 Å². The summed E-state index contributed by atoms with van der Waals surface area (Å²) in [4.78, 5) is 20.5. The molecule has 0 heterocycles. The minimum absolute atomic E-state index is 0.0251.